The largest absolute Gasteiger partial charge is 0.376 e. The third kappa shape index (κ3) is 4.58. The van der Waals surface area contributed by atoms with Gasteiger partial charge in [0.15, 0.2) is 0 Å². The predicted octanol–water partition coefficient (Wildman–Crippen LogP) is 2.90. The summed E-state index contributed by atoms with van der Waals surface area (Å²) in [7, 11) is 0. The van der Waals surface area contributed by atoms with Crippen LogP contribution in [0.4, 0.5) is 10.1 Å². The zero-order chi connectivity index (χ0) is 20.5. The number of carbonyl (C=O) groups excluding carboxylic acids is 3. The summed E-state index contributed by atoms with van der Waals surface area (Å²) in [6.07, 6.45) is 1.83. The predicted molar refractivity (Wildman–Crippen MR) is 102 cm³/mol. The van der Waals surface area contributed by atoms with Gasteiger partial charge in [-0.25, -0.2) is 9.29 Å². The van der Waals surface area contributed by atoms with Gasteiger partial charge in [0.1, 0.15) is 11.9 Å². The van der Waals surface area contributed by atoms with Crippen molar-refractivity contribution in [2.75, 3.05) is 18.1 Å². The number of hydrogen-bond acceptors (Lipinski definition) is 4. The van der Waals surface area contributed by atoms with Crippen LogP contribution in [-0.2, 0) is 19.1 Å². The minimum Gasteiger partial charge on any atom is -0.376 e. The second-order valence-corrected chi connectivity index (χ2v) is 8.68. The number of halogens is 1. The zero-order valence-electron chi connectivity index (χ0n) is 16.6. The van der Waals surface area contributed by atoms with Gasteiger partial charge in [0, 0.05) is 19.6 Å². The lowest BCUT2D eigenvalue weighted by atomic mass is 9.91. The molecule has 2 fully saturated rings. The topological polar surface area (TPSA) is 66.9 Å². The van der Waals surface area contributed by atoms with Crippen molar-refractivity contribution in [3.05, 3.63) is 30.1 Å². The van der Waals surface area contributed by atoms with Crippen LogP contribution in [0.1, 0.15) is 46.5 Å². The third-order valence-electron chi connectivity index (χ3n) is 5.01. The van der Waals surface area contributed by atoms with Gasteiger partial charge in [-0.15, -0.1) is 0 Å². The molecule has 0 aromatic heterocycles. The summed E-state index contributed by atoms with van der Waals surface area (Å²) in [6.45, 7) is 6.83. The highest BCUT2D eigenvalue weighted by atomic mass is 19.1. The van der Waals surface area contributed by atoms with Crippen molar-refractivity contribution in [2.45, 2.75) is 58.6 Å². The van der Waals surface area contributed by atoms with E-state index in [0.29, 0.717) is 18.8 Å². The minimum atomic E-state index is -0.850. The highest BCUT2D eigenvalue weighted by Gasteiger charge is 2.45. The van der Waals surface area contributed by atoms with Crippen LogP contribution in [0.2, 0.25) is 0 Å². The Morgan fingerprint density at radius 1 is 1.25 bits per heavy atom. The molecule has 1 aromatic rings. The fourth-order valence-electron chi connectivity index (χ4n) is 3.69. The van der Waals surface area contributed by atoms with Crippen molar-refractivity contribution < 1.29 is 23.5 Å². The summed E-state index contributed by atoms with van der Waals surface area (Å²) in [5, 5.41) is 0. The average Bonchev–Trinajstić information content (AvgIpc) is 3.20. The molecule has 7 heteroatoms. The summed E-state index contributed by atoms with van der Waals surface area (Å²) in [5.41, 5.74) is 0.0768. The Labute approximate surface area is 164 Å². The van der Waals surface area contributed by atoms with Crippen LogP contribution in [-0.4, -0.2) is 47.9 Å². The average molecular weight is 390 g/mol. The molecule has 2 heterocycles. The molecule has 3 amide bonds. The Morgan fingerprint density at radius 3 is 2.50 bits per heavy atom. The molecule has 0 N–H and O–H groups in total. The smallest absolute Gasteiger partial charge is 0.257 e. The number of benzene rings is 1. The number of rotatable bonds is 5. The highest BCUT2D eigenvalue weighted by Crippen LogP contribution is 2.29. The van der Waals surface area contributed by atoms with E-state index in [-0.39, 0.29) is 36.2 Å². The van der Waals surface area contributed by atoms with Crippen molar-refractivity contribution in [1.82, 2.24) is 4.90 Å². The molecule has 2 atom stereocenters. The van der Waals surface area contributed by atoms with E-state index in [2.05, 4.69) is 0 Å². The summed E-state index contributed by atoms with van der Waals surface area (Å²) in [5.74, 6) is -1.44. The third-order valence-corrected chi connectivity index (χ3v) is 5.01. The molecule has 6 nitrogen and oxygen atoms in total. The van der Waals surface area contributed by atoms with E-state index in [1.54, 1.807) is 0 Å². The summed E-state index contributed by atoms with van der Waals surface area (Å²) < 4.78 is 18.9. The van der Waals surface area contributed by atoms with Crippen LogP contribution >= 0.6 is 0 Å². The van der Waals surface area contributed by atoms with Gasteiger partial charge in [0.05, 0.1) is 18.2 Å². The second kappa shape index (κ2) is 7.99. The number of anilines is 1. The van der Waals surface area contributed by atoms with Crippen LogP contribution in [0.3, 0.4) is 0 Å². The molecule has 0 saturated carbocycles. The molecular formula is C21H27FN2O4. The molecule has 2 saturated heterocycles. The van der Waals surface area contributed by atoms with Crippen LogP contribution in [0.5, 0.6) is 0 Å². The van der Waals surface area contributed by atoms with Gasteiger partial charge in [-0.2, -0.15) is 0 Å². The number of amides is 3. The minimum absolute atomic E-state index is 0.0706. The monoisotopic (exact) mass is 390 g/mol. The SMILES string of the molecule is CC(C)(C)CC(=O)N(CC1CCCO1)C1CC(=O)N(c2ccc(F)cc2)C1=O. The highest BCUT2D eigenvalue weighted by molar-refractivity contribution is 6.23. The van der Waals surface area contributed by atoms with Crippen molar-refractivity contribution >= 4 is 23.4 Å². The van der Waals surface area contributed by atoms with Gasteiger partial charge in [0.2, 0.25) is 11.8 Å². The number of carbonyl (C=O) groups is 3. The summed E-state index contributed by atoms with van der Waals surface area (Å²) >= 11 is 0. The van der Waals surface area contributed by atoms with Gasteiger partial charge >= 0.3 is 0 Å². The first-order chi connectivity index (χ1) is 13.2. The fraction of sp³-hybridized carbons (Fsp3) is 0.571. The number of nitrogens with zero attached hydrogens (tertiary/aromatic N) is 2. The molecule has 152 valence electrons. The standard InChI is InChI=1S/C21H27FN2O4/c1-21(2,3)12-19(26)23(13-16-5-4-10-28-16)17-11-18(25)24(20(17)27)15-8-6-14(22)7-9-15/h6-9,16-17H,4-5,10-13H2,1-3H3. The van der Waals surface area contributed by atoms with Crippen LogP contribution in [0.25, 0.3) is 0 Å². The second-order valence-electron chi connectivity index (χ2n) is 8.68. The maximum atomic E-state index is 13.2. The molecule has 1 aromatic carbocycles. The zero-order valence-corrected chi connectivity index (χ0v) is 16.6. The van der Waals surface area contributed by atoms with Gasteiger partial charge < -0.3 is 9.64 Å². The Morgan fingerprint density at radius 2 is 1.93 bits per heavy atom. The Kier molecular flexibility index (Phi) is 5.84. The Hall–Kier alpha value is -2.28. The molecule has 3 rings (SSSR count). The van der Waals surface area contributed by atoms with Crippen molar-refractivity contribution in [2.24, 2.45) is 5.41 Å². The first kappa shape index (κ1) is 20.5. The van der Waals surface area contributed by atoms with E-state index in [1.807, 2.05) is 20.8 Å². The molecule has 0 bridgehead atoms. The van der Waals surface area contributed by atoms with Crippen molar-refractivity contribution in [3.8, 4) is 0 Å². The normalized spacial score (nSPS) is 22.8. The van der Waals surface area contributed by atoms with Gasteiger partial charge in [-0.1, -0.05) is 20.8 Å². The Bertz CT molecular complexity index is 751. The van der Waals surface area contributed by atoms with Crippen LogP contribution in [0, 0.1) is 11.2 Å². The maximum absolute atomic E-state index is 13.2. The molecule has 2 aliphatic rings. The maximum Gasteiger partial charge on any atom is 0.257 e. The lowest BCUT2D eigenvalue weighted by molar-refractivity contribution is -0.141. The van der Waals surface area contributed by atoms with E-state index >= 15 is 0 Å². The molecular weight excluding hydrogens is 363 g/mol. The number of hydrogen-bond donors (Lipinski definition) is 0. The lowest BCUT2D eigenvalue weighted by Gasteiger charge is -2.32. The number of imide groups is 1. The summed E-state index contributed by atoms with van der Waals surface area (Å²) in [4.78, 5) is 41.2. The van der Waals surface area contributed by atoms with E-state index in [1.165, 1.54) is 29.2 Å². The first-order valence-electron chi connectivity index (χ1n) is 9.69. The first-order valence-corrected chi connectivity index (χ1v) is 9.69. The molecule has 0 radical (unpaired) electrons. The van der Waals surface area contributed by atoms with E-state index in [9.17, 15) is 18.8 Å². The van der Waals surface area contributed by atoms with Crippen LogP contribution in [0.15, 0.2) is 24.3 Å². The van der Waals surface area contributed by atoms with Gasteiger partial charge in [0.25, 0.3) is 5.91 Å². The van der Waals surface area contributed by atoms with Gasteiger partial charge in [-0.05, 0) is 42.5 Å². The van der Waals surface area contributed by atoms with E-state index in [0.717, 1.165) is 17.7 Å². The van der Waals surface area contributed by atoms with E-state index in [4.69, 9.17) is 4.74 Å². The molecule has 2 aliphatic heterocycles. The molecule has 0 aliphatic carbocycles. The molecule has 28 heavy (non-hydrogen) atoms. The number of ether oxygens (including phenoxy) is 1. The van der Waals surface area contributed by atoms with Crippen LogP contribution < -0.4 is 4.90 Å². The van der Waals surface area contributed by atoms with Crippen molar-refractivity contribution in [1.29, 1.82) is 0 Å². The lowest BCUT2D eigenvalue weighted by Crippen LogP contribution is -2.49. The molecule has 2 unspecified atom stereocenters. The fourth-order valence-corrected chi connectivity index (χ4v) is 3.69. The quantitative estimate of drug-likeness (QED) is 0.725. The summed E-state index contributed by atoms with van der Waals surface area (Å²) in [6, 6.07) is 4.36. The Balaban J connectivity index is 1.84. The van der Waals surface area contributed by atoms with Crippen molar-refractivity contribution in [3.63, 3.8) is 0 Å². The molecule has 0 spiro atoms. The van der Waals surface area contributed by atoms with E-state index < -0.39 is 17.8 Å². The van der Waals surface area contributed by atoms with Gasteiger partial charge in [-0.3, -0.25) is 14.4 Å².